The molecule has 0 aliphatic rings. The molecule has 0 fully saturated rings. The van der Waals surface area contributed by atoms with Gasteiger partial charge < -0.3 is 20.1 Å². The van der Waals surface area contributed by atoms with Gasteiger partial charge in [-0.15, -0.1) is 0 Å². The first-order valence-electron chi connectivity index (χ1n) is 8.26. The summed E-state index contributed by atoms with van der Waals surface area (Å²) in [6.07, 6.45) is 0. The number of benzene rings is 2. The molecule has 1 atom stereocenters. The van der Waals surface area contributed by atoms with E-state index in [1.165, 1.54) is 14.2 Å². The number of nitrogens with one attached hydrogen (secondary N) is 2. The van der Waals surface area contributed by atoms with Crippen LogP contribution in [0.25, 0.3) is 0 Å². The summed E-state index contributed by atoms with van der Waals surface area (Å²) in [6, 6.07) is 10.9. The Kier molecular flexibility index (Phi) is 6.22. The van der Waals surface area contributed by atoms with Gasteiger partial charge in [0.2, 0.25) is 0 Å². The molecule has 26 heavy (non-hydrogen) atoms. The van der Waals surface area contributed by atoms with Gasteiger partial charge in [-0.25, -0.2) is 0 Å². The zero-order valence-corrected chi connectivity index (χ0v) is 15.7. The van der Waals surface area contributed by atoms with E-state index in [9.17, 15) is 9.59 Å². The van der Waals surface area contributed by atoms with E-state index in [1.807, 2.05) is 45.0 Å². The third-order valence-corrected chi connectivity index (χ3v) is 4.11. The van der Waals surface area contributed by atoms with Crippen molar-refractivity contribution >= 4 is 17.5 Å². The van der Waals surface area contributed by atoms with Crippen LogP contribution in [-0.2, 0) is 9.59 Å². The van der Waals surface area contributed by atoms with Crippen LogP contribution in [0, 0.1) is 13.8 Å². The molecule has 0 spiro atoms. The van der Waals surface area contributed by atoms with Gasteiger partial charge in [0.1, 0.15) is 0 Å². The molecule has 0 aliphatic carbocycles. The van der Waals surface area contributed by atoms with Gasteiger partial charge in [0.25, 0.3) is 0 Å². The molecule has 0 aromatic heterocycles. The molecule has 0 radical (unpaired) electrons. The molecule has 0 heterocycles. The number of hydrogen-bond donors (Lipinski definition) is 2. The maximum absolute atomic E-state index is 12.2. The molecule has 2 amide bonds. The molecular weight excluding hydrogens is 332 g/mol. The Morgan fingerprint density at radius 2 is 1.50 bits per heavy atom. The smallest absolute Gasteiger partial charge is 0.313 e. The van der Waals surface area contributed by atoms with Crippen LogP contribution in [0.2, 0.25) is 0 Å². The number of amides is 2. The molecule has 6 heteroatoms. The Labute approximate surface area is 153 Å². The summed E-state index contributed by atoms with van der Waals surface area (Å²) in [5, 5.41) is 5.31. The second-order valence-electron chi connectivity index (χ2n) is 6.08. The lowest BCUT2D eigenvalue weighted by Crippen LogP contribution is -2.37. The summed E-state index contributed by atoms with van der Waals surface area (Å²) >= 11 is 0. The standard InChI is InChI=1S/C20H24N2O4/c1-12-6-8-15(9-7-12)14(3)21-19(23)20(24)22-16-11-18(26-5)17(25-4)10-13(16)2/h6-11,14H,1-5H3,(H,21,23)(H,22,24). The maximum Gasteiger partial charge on any atom is 0.313 e. The van der Waals surface area contributed by atoms with Crippen molar-refractivity contribution in [1.82, 2.24) is 5.32 Å². The quantitative estimate of drug-likeness (QED) is 0.807. The predicted octanol–water partition coefficient (Wildman–Crippen LogP) is 3.14. The summed E-state index contributed by atoms with van der Waals surface area (Å²) in [7, 11) is 3.05. The molecule has 0 bridgehead atoms. The van der Waals surface area contributed by atoms with Crippen molar-refractivity contribution < 1.29 is 19.1 Å². The van der Waals surface area contributed by atoms with Crippen molar-refractivity contribution in [3.63, 3.8) is 0 Å². The average Bonchev–Trinajstić information content (AvgIpc) is 2.63. The van der Waals surface area contributed by atoms with Gasteiger partial charge in [-0.1, -0.05) is 29.8 Å². The Balaban J connectivity index is 2.07. The fourth-order valence-electron chi connectivity index (χ4n) is 2.50. The van der Waals surface area contributed by atoms with Crippen LogP contribution in [0.5, 0.6) is 11.5 Å². The molecule has 0 saturated carbocycles. The molecule has 2 N–H and O–H groups in total. The van der Waals surface area contributed by atoms with Crippen LogP contribution in [0.15, 0.2) is 36.4 Å². The molecule has 0 saturated heterocycles. The molecule has 6 nitrogen and oxygen atoms in total. The highest BCUT2D eigenvalue weighted by molar-refractivity contribution is 6.39. The Hall–Kier alpha value is -3.02. The van der Waals surface area contributed by atoms with Crippen molar-refractivity contribution in [2.75, 3.05) is 19.5 Å². The van der Waals surface area contributed by atoms with E-state index >= 15 is 0 Å². The zero-order chi connectivity index (χ0) is 19.3. The van der Waals surface area contributed by atoms with E-state index in [1.54, 1.807) is 12.1 Å². The van der Waals surface area contributed by atoms with Gasteiger partial charge in [-0.05, 0) is 38.0 Å². The topological polar surface area (TPSA) is 76.7 Å². The average molecular weight is 356 g/mol. The zero-order valence-electron chi connectivity index (χ0n) is 15.7. The lowest BCUT2D eigenvalue weighted by Gasteiger charge is -2.16. The van der Waals surface area contributed by atoms with Gasteiger partial charge in [-0.2, -0.15) is 0 Å². The van der Waals surface area contributed by atoms with E-state index in [2.05, 4.69) is 10.6 Å². The lowest BCUT2D eigenvalue weighted by molar-refractivity contribution is -0.136. The van der Waals surface area contributed by atoms with Gasteiger partial charge in [0, 0.05) is 11.8 Å². The van der Waals surface area contributed by atoms with Gasteiger partial charge in [0.15, 0.2) is 11.5 Å². The Bertz CT molecular complexity index is 800. The number of ether oxygens (including phenoxy) is 2. The largest absolute Gasteiger partial charge is 0.493 e. The summed E-state index contributed by atoms with van der Waals surface area (Å²) in [6.45, 7) is 5.63. The first kappa shape index (κ1) is 19.3. The van der Waals surface area contributed by atoms with Crippen molar-refractivity contribution in [1.29, 1.82) is 0 Å². The number of methoxy groups -OCH3 is 2. The van der Waals surface area contributed by atoms with E-state index < -0.39 is 11.8 Å². The number of carbonyl (C=O) groups is 2. The van der Waals surface area contributed by atoms with Crippen LogP contribution in [0.1, 0.15) is 29.7 Å². The Morgan fingerprint density at radius 1 is 0.923 bits per heavy atom. The highest BCUT2D eigenvalue weighted by Gasteiger charge is 2.19. The van der Waals surface area contributed by atoms with Gasteiger partial charge in [0.05, 0.1) is 20.3 Å². The third-order valence-electron chi connectivity index (χ3n) is 4.11. The summed E-state index contributed by atoms with van der Waals surface area (Å²) in [5.41, 5.74) is 3.31. The molecule has 2 aromatic rings. The van der Waals surface area contributed by atoms with Crippen molar-refractivity contribution in [3.8, 4) is 11.5 Å². The van der Waals surface area contributed by atoms with Crippen LogP contribution >= 0.6 is 0 Å². The minimum Gasteiger partial charge on any atom is -0.493 e. The molecule has 0 aliphatic heterocycles. The van der Waals surface area contributed by atoms with Crippen LogP contribution in [0.4, 0.5) is 5.69 Å². The first-order chi connectivity index (χ1) is 12.3. The highest BCUT2D eigenvalue weighted by atomic mass is 16.5. The SMILES string of the molecule is COc1cc(C)c(NC(=O)C(=O)NC(C)c2ccc(C)cc2)cc1OC. The fourth-order valence-corrected chi connectivity index (χ4v) is 2.50. The second-order valence-corrected chi connectivity index (χ2v) is 6.08. The molecule has 138 valence electrons. The normalized spacial score (nSPS) is 11.4. The summed E-state index contributed by atoms with van der Waals surface area (Å²) in [5.74, 6) is -0.409. The third kappa shape index (κ3) is 4.53. The monoisotopic (exact) mass is 356 g/mol. The number of aryl methyl sites for hydroxylation is 2. The fraction of sp³-hybridized carbons (Fsp3) is 0.300. The molecule has 2 aromatic carbocycles. The second kappa shape index (κ2) is 8.38. The van der Waals surface area contributed by atoms with Crippen molar-refractivity contribution in [2.24, 2.45) is 0 Å². The van der Waals surface area contributed by atoms with Crippen molar-refractivity contribution in [3.05, 3.63) is 53.1 Å². The first-order valence-corrected chi connectivity index (χ1v) is 8.26. The van der Waals surface area contributed by atoms with Crippen LogP contribution in [-0.4, -0.2) is 26.0 Å². The molecule has 2 rings (SSSR count). The van der Waals surface area contributed by atoms with Gasteiger partial charge in [-0.3, -0.25) is 9.59 Å². The molecule has 1 unspecified atom stereocenters. The van der Waals surface area contributed by atoms with E-state index in [-0.39, 0.29) is 6.04 Å². The highest BCUT2D eigenvalue weighted by Crippen LogP contribution is 2.32. The van der Waals surface area contributed by atoms with Gasteiger partial charge >= 0.3 is 11.8 Å². The minimum atomic E-state index is -0.737. The predicted molar refractivity (Wildman–Crippen MR) is 101 cm³/mol. The number of hydrogen-bond acceptors (Lipinski definition) is 4. The summed E-state index contributed by atoms with van der Waals surface area (Å²) < 4.78 is 10.4. The maximum atomic E-state index is 12.2. The Morgan fingerprint density at radius 3 is 2.08 bits per heavy atom. The number of anilines is 1. The van der Waals surface area contributed by atoms with Crippen LogP contribution in [0.3, 0.4) is 0 Å². The minimum absolute atomic E-state index is 0.277. The number of rotatable bonds is 5. The lowest BCUT2D eigenvalue weighted by atomic mass is 10.1. The van der Waals surface area contributed by atoms with Crippen LogP contribution < -0.4 is 20.1 Å². The van der Waals surface area contributed by atoms with Crippen molar-refractivity contribution in [2.45, 2.75) is 26.8 Å². The summed E-state index contributed by atoms with van der Waals surface area (Å²) in [4.78, 5) is 24.5. The van der Waals surface area contributed by atoms with E-state index in [0.717, 1.165) is 16.7 Å². The van der Waals surface area contributed by atoms with E-state index in [4.69, 9.17) is 9.47 Å². The number of carbonyl (C=O) groups excluding carboxylic acids is 2. The molecular formula is C20H24N2O4. The van der Waals surface area contributed by atoms with E-state index in [0.29, 0.717) is 17.2 Å².